The first-order chi connectivity index (χ1) is 15.9. The smallest absolute Gasteiger partial charge is 0.338 e. The number of aliphatic imine (C=N–C) groups is 1. The second-order valence-corrected chi connectivity index (χ2v) is 9.37. The van der Waals surface area contributed by atoms with Crippen molar-refractivity contribution >= 4 is 50.4 Å². The van der Waals surface area contributed by atoms with Crippen LogP contribution in [0.4, 0.5) is 0 Å². The highest BCUT2D eigenvalue weighted by atomic mass is 79.9. The molecule has 2 aliphatic rings. The van der Waals surface area contributed by atoms with E-state index in [0.29, 0.717) is 34.4 Å². The van der Waals surface area contributed by atoms with Crippen molar-refractivity contribution < 1.29 is 19.0 Å². The third-order valence-electron chi connectivity index (χ3n) is 5.23. The molecule has 0 radical (unpaired) electrons. The van der Waals surface area contributed by atoms with Gasteiger partial charge in [-0.1, -0.05) is 57.5 Å². The molecule has 6 nitrogen and oxygen atoms in total. The second kappa shape index (κ2) is 10.2. The molecule has 0 bridgehead atoms. The Morgan fingerprint density at radius 1 is 1.27 bits per heavy atom. The third-order valence-corrected chi connectivity index (χ3v) is 7.06. The summed E-state index contributed by atoms with van der Waals surface area (Å²) in [6.45, 7) is 4.19. The first-order valence-electron chi connectivity index (χ1n) is 10.3. The van der Waals surface area contributed by atoms with E-state index in [1.54, 1.807) is 14.0 Å². The van der Waals surface area contributed by atoms with Gasteiger partial charge in [-0.15, -0.1) is 0 Å². The van der Waals surface area contributed by atoms with E-state index in [1.165, 1.54) is 11.8 Å². The molecule has 0 aromatic heterocycles. The molecule has 0 unspecified atom stereocenters. The number of carbonyl (C=O) groups excluding carboxylic acids is 1. The summed E-state index contributed by atoms with van der Waals surface area (Å²) in [6, 6.07) is 10.8. The van der Waals surface area contributed by atoms with Crippen molar-refractivity contribution in [2.45, 2.75) is 26.5 Å². The molecule has 1 atom stereocenters. The van der Waals surface area contributed by atoms with Gasteiger partial charge in [0.25, 0.3) is 0 Å². The Hall–Kier alpha value is -2.42. The van der Waals surface area contributed by atoms with E-state index in [4.69, 9.17) is 25.8 Å². The molecule has 2 aromatic rings. The summed E-state index contributed by atoms with van der Waals surface area (Å²) in [6.07, 6.45) is 1.92. The molecule has 0 saturated carbocycles. The highest BCUT2D eigenvalue weighted by Crippen LogP contribution is 2.46. The van der Waals surface area contributed by atoms with Crippen molar-refractivity contribution in [1.29, 1.82) is 0 Å². The normalized spacial score (nSPS) is 17.1. The summed E-state index contributed by atoms with van der Waals surface area (Å²) in [5.74, 6) is 0.710. The average Bonchev–Trinajstić information content (AvgIpc) is 3.26. The number of rotatable bonds is 7. The summed E-state index contributed by atoms with van der Waals surface area (Å²) in [5.41, 5.74) is 2.82. The number of halogens is 2. The van der Waals surface area contributed by atoms with Crippen molar-refractivity contribution in [3.05, 3.63) is 79.9 Å². The number of allylic oxidation sites excluding steroid dienone is 1. The summed E-state index contributed by atoms with van der Waals surface area (Å²) >= 11 is 11.5. The Balaban J connectivity index is 1.73. The van der Waals surface area contributed by atoms with Crippen LogP contribution in [0.1, 0.15) is 31.0 Å². The molecule has 0 fully saturated rings. The van der Waals surface area contributed by atoms with Crippen LogP contribution in [0.5, 0.6) is 11.5 Å². The SMILES string of the molecule is CCOC(=O)C1=C(C)N=C2SC=CN2[C@@H]1c1cc(OC)c(OCc2ccccc2Cl)cc1Br. The highest BCUT2D eigenvalue weighted by Gasteiger charge is 2.38. The maximum atomic E-state index is 12.9. The van der Waals surface area contributed by atoms with Crippen molar-refractivity contribution in [3.8, 4) is 11.5 Å². The van der Waals surface area contributed by atoms with E-state index in [9.17, 15) is 4.79 Å². The van der Waals surface area contributed by atoms with Crippen LogP contribution in [0.15, 0.2) is 68.7 Å². The molecule has 0 saturated heterocycles. The van der Waals surface area contributed by atoms with Gasteiger partial charge in [-0.2, -0.15) is 0 Å². The number of amidine groups is 1. The monoisotopic (exact) mass is 548 g/mol. The minimum atomic E-state index is -0.427. The van der Waals surface area contributed by atoms with Gasteiger partial charge in [0.2, 0.25) is 0 Å². The van der Waals surface area contributed by atoms with Crippen LogP contribution in [0.25, 0.3) is 0 Å². The van der Waals surface area contributed by atoms with Crippen LogP contribution in [-0.2, 0) is 16.1 Å². The van der Waals surface area contributed by atoms with Gasteiger partial charge in [0.05, 0.1) is 31.0 Å². The zero-order valence-corrected chi connectivity index (χ0v) is 21.5. The van der Waals surface area contributed by atoms with E-state index in [2.05, 4.69) is 20.9 Å². The van der Waals surface area contributed by atoms with Crippen LogP contribution in [0, 0.1) is 0 Å². The van der Waals surface area contributed by atoms with Crippen molar-refractivity contribution in [3.63, 3.8) is 0 Å². The highest BCUT2D eigenvalue weighted by molar-refractivity contribution is 9.10. The van der Waals surface area contributed by atoms with Crippen molar-refractivity contribution in [1.82, 2.24) is 4.90 Å². The molecule has 4 rings (SSSR count). The number of benzene rings is 2. The molecule has 9 heteroatoms. The standard InChI is InChI=1S/C24H22BrClN2O4S/c1-4-31-23(29)21-14(2)27-24-28(9-10-33-24)22(21)16-11-19(30-3)20(12-17(16)25)32-13-15-7-5-6-8-18(15)26/h5-12,22H,4,13H2,1-3H3/t22-/m1/s1. The van der Waals surface area contributed by atoms with Gasteiger partial charge in [-0.3, -0.25) is 0 Å². The number of methoxy groups -OCH3 is 1. The van der Waals surface area contributed by atoms with Crippen LogP contribution in [0.3, 0.4) is 0 Å². The Bertz CT molecular complexity index is 1180. The Labute approximate surface area is 210 Å². The van der Waals surface area contributed by atoms with Crippen LogP contribution in [0.2, 0.25) is 5.02 Å². The summed E-state index contributed by atoms with van der Waals surface area (Å²) in [7, 11) is 1.59. The summed E-state index contributed by atoms with van der Waals surface area (Å²) in [5, 5.41) is 3.38. The van der Waals surface area contributed by atoms with Crippen LogP contribution >= 0.6 is 39.3 Å². The van der Waals surface area contributed by atoms with Crippen LogP contribution in [-0.4, -0.2) is 29.8 Å². The van der Waals surface area contributed by atoms with E-state index in [-0.39, 0.29) is 6.61 Å². The first kappa shape index (κ1) is 23.7. The van der Waals surface area contributed by atoms with E-state index in [1.807, 2.05) is 59.8 Å². The minimum absolute atomic E-state index is 0.281. The van der Waals surface area contributed by atoms with E-state index >= 15 is 0 Å². The number of hydrogen-bond donors (Lipinski definition) is 0. The maximum Gasteiger partial charge on any atom is 0.338 e. The molecule has 0 N–H and O–H groups in total. The van der Waals surface area contributed by atoms with Gasteiger partial charge in [0.1, 0.15) is 6.61 Å². The fourth-order valence-corrected chi connectivity index (χ4v) is 5.20. The molecule has 2 aromatic carbocycles. The Kier molecular flexibility index (Phi) is 7.36. The predicted molar refractivity (Wildman–Crippen MR) is 135 cm³/mol. The van der Waals surface area contributed by atoms with E-state index in [0.717, 1.165) is 20.8 Å². The molecule has 172 valence electrons. The van der Waals surface area contributed by atoms with Gasteiger partial charge in [-0.25, -0.2) is 9.79 Å². The fraction of sp³-hybridized carbons (Fsp3) is 0.250. The topological polar surface area (TPSA) is 60.4 Å². The number of nitrogens with zero attached hydrogens (tertiary/aromatic N) is 2. The molecule has 0 amide bonds. The zero-order chi connectivity index (χ0) is 23.5. The zero-order valence-electron chi connectivity index (χ0n) is 18.3. The number of fused-ring (bicyclic) bond motifs is 1. The second-order valence-electron chi connectivity index (χ2n) is 7.23. The number of carbonyl (C=O) groups is 1. The van der Waals surface area contributed by atoms with E-state index < -0.39 is 12.0 Å². The van der Waals surface area contributed by atoms with Gasteiger partial charge in [0.15, 0.2) is 16.7 Å². The summed E-state index contributed by atoms with van der Waals surface area (Å²) in [4.78, 5) is 19.5. The molecule has 33 heavy (non-hydrogen) atoms. The summed E-state index contributed by atoms with van der Waals surface area (Å²) < 4.78 is 17.8. The molecule has 0 spiro atoms. The third kappa shape index (κ3) is 4.78. The van der Waals surface area contributed by atoms with Gasteiger partial charge < -0.3 is 19.1 Å². The largest absolute Gasteiger partial charge is 0.493 e. The lowest BCUT2D eigenvalue weighted by Crippen LogP contribution is -2.34. The van der Waals surface area contributed by atoms with Gasteiger partial charge in [0, 0.05) is 21.3 Å². The maximum absolute atomic E-state index is 12.9. The van der Waals surface area contributed by atoms with Crippen LogP contribution < -0.4 is 9.47 Å². The lowest BCUT2D eigenvalue weighted by molar-refractivity contribution is -0.139. The predicted octanol–water partition coefficient (Wildman–Crippen LogP) is 6.46. The molecular formula is C24H22BrClN2O4S. The molecule has 2 heterocycles. The number of hydrogen-bond acceptors (Lipinski definition) is 7. The van der Waals surface area contributed by atoms with Crippen molar-refractivity contribution in [2.75, 3.05) is 13.7 Å². The van der Waals surface area contributed by atoms with Gasteiger partial charge in [-0.05, 0) is 43.0 Å². The molecular weight excluding hydrogens is 528 g/mol. The molecule has 2 aliphatic heterocycles. The average molecular weight is 550 g/mol. The number of esters is 1. The fourth-order valence-electron chi connectivity index (χ4n) is 3.68. The lowest BCUT2D eigenvalue weighted by atomic mass is 9.94. The minimum Gasteiger partial charge on any atom is -0.493 e. The van der Waals surface area contributed by atoms with Gasteiger partial charge >= 0.3 is 5.97 Å². The lowest BCUT2D eigenvalue weighted by Gasteiger charge is -2.34. The Morgan fingerprint density at radius 2 is 2.06 bits per heavy atom. The number of thioether (sulfide) groups is 1. The van der Waals surface area contributed by atoms with Crippen molar-refractivity contribution in [2.24, 2.45) is 4.99 Å². The Morgan fingerprint density at radius 3 is 2.79 bits per heavy atom. The molecule has 0 aliphatic carbocycles. The quantitative estimate of drug-likeness (QED) is 0.370. The first-order valence-corrected chi connectivity index (χ1v) is 12.3. The number of ether oxygens (including phenoxy) is 3.